The van der Waals surface area contributed by atoms with Gasteiger partial charge in [0.15, 0.2) is 5.84 Å². The molecule has 0 spiro atoms. The van der Waals surface area contributed by atoms with E-state index in [4.69, 9.17) is 15.7 Å². The van der Waals surface area contributed by atoms with Crippen LogP contribution < -0.4 is 11.1 Å². The van der Waals surface area contributed by atoms with Crippen LogP contribution in [0.4, 0.5) is 4.39 Å². The maximum atomic E-state index is 13.9. The van der Waals surface area contributed by atoms with Crippen LogP contribution in [0.25, 0.3) is 0 Å². The van der Waals surface area contributed by atoms with E-state index >= 15 is 0 Å². The summed E-state index contributed by atoms with van der Waals surface area (Å²) < 4.78 is 19.3. The molecule has 20 heavy (non-hydrogen) atoms. The van der Waals surface area contributed by atoms with Gasteiger partial charge in [0.1, 0.15) is 5.82 Å². The summed E-state index contributed by atoms with van der Waals surface area (Å²) in [4.78, 5) is 0. The van der Waals surface area contributed by atoms with Crippen molar-refractivity contribution in [3.63, 3.8) is 0 Å². The van der Waals surface area contributed by atoms with Gasteiger partial charge in [0.2, 0.25) is 0 Å². The van der Waals surface area contributed by atoms with Crippen LogP contribution in [0.1, 0.15) is 30.4 Å². The first-order valence-corrected chi connectivity index (χ1v) is 6.68. The third kappa shape index (κ3) is 3.26. The number of oxime groups is 1. The molecule has 0 bridgehead atoms. The van der Waals surface area contributed by atoms with E-state index in [9.17, 15) is 4.39 Å². The molecule has 1 aromatic carbocycles. The number of nitrogens with one attached hydrogen (secondary N) is 1. The Hall–Kier alpha value is -1.66. The van der Waals surface area contributed by atoms with Crippen LogP contribution in [-0.4, -0.2) is 30.3 Å². The van der Waals surface area contributed by atoms with Crippen molar-refractivity contribution in [2.75, 3.05) is 7.11 Å². The van der Waals surface area contributed by atoms with E-state index in [-0.39, 0.29) is 23.8 Å². The largest absolute Gasteiger partial charge is 0.409 e. The van der Waals surface area contributed by atoms with E-state index in [1.165, 1.54) is 6.07 Å². The van der Waals surface area contributed by atoms with Crippen molar-refractivity contribution in [3.8, 4) is 0 Å². The van der Waals surface area contributed by atoms with Gasteiger partial charge in [0, 0.05) is 30.8 Å². The third-order valence-corrected chi connectivity index (χ3v) is 3.77. The van der Waals surface area contributed by atoms with Gasteiger partial charge in [-0.2, -0.15) is 0 Å². The Morgan fingerprint density at radius 1 is 1.55 bits per heavy atom. The predicted octanol–water partition coefficient (Wildman–Crippen LogP) is 1.58. The van der Waals surface area contributed by atoms with Gasteiger partial charge in [-0.3, -0.25) is 0 Å². The zero-order valence-corrected chi connectivity index (χ0v) is 11.5. The number of rotatable bonds is 5. The number of hydrogen-bond donors (Lipinski definition) is 3. The highest BCUT2D eigenvalue weighted by Gasteiger charge is 2.26. The van der Waals surface area contributed by atoms with Gasteiger partial charge in [0.25, 0.3) is 0 Å². The normalized spacial score (nSPS) is 23.2. The Kier molecular flexibility index (Phi) is 4.92. The zero-order chi connectivity index (χ0) is 14.5. The van der Waals surface area contributed by atoms with Crippen LogP contribution in [0.2, 0.25) is 0 Å². The van der Waals surface area contributed by atoms with Crippen LogP contribution in [-0.2, 0) is 11.3 Å². The summed E-state index contributed by atoms with van der Waals surface area (Å²) in [5.74, 6) is -0.466. The number of halogens is 1. The summed E-state index contributed by atoms with van der Waals surface area (Å²) in [6.07, 6.45) is 3.41. The van der Waals surface area contributed by atoms with Gasteiger partial charge in [0.05, 0.1) is 6.10 Å². The smallest absolute Gasteiger partial charge is 0.170 e. The minimum atomic E-state index is -0.367. The second-order valence-corrected chi connectivity index (χ2v) is 4.98. The van der Waals surface area contributed by atoms with Gasteiger partial charge >= 0.3 is 0 Å². The summed E-state index contributed by atoms with van der Waals surface area (Å²) in [5, 5.41) is 14.7. The molecule has 0 aliphatic heterocycles. The standard InChI is InChI=1S/C14H20FN3O2/c1-20-13-4-2-3-12(13)17-8-10-6-5-9(7-11(10)15)14(16)18-19/h5-7,12-13,17,19H,2-4,8H2,1H3,(H2,16,18). The molecule has 2 unspecified atom stereocenters. The molecule has 1 saturated carbocycles. The molecule has 1 aliphatic carbocycles. The molecule has 0 radical (unpaired) electrons. The number of benzene rings is 1. The molecule has 110 valence electrons. The molecule has 1 aromatic rings. The van der Waals surface area contributed by atoms with Crippen molar-refractivity contribution in [1.29, 1.82) is 0 Å². The van der Waals surface area contributed by atoms with Crippen molar-refractivity contribution in [2.24, 2.45) is 10.9 Å². The van der Waals surface area contributed by atoms with Crippen LogP contribution in [0, 0.1) is 5.82 Å². The van der Waals surface area contributed by atoms with Crippen molar-refractivity contribution in [3.05, 3.63) is 35.1 Å². The Morgan fingerprint density at radius 3 is 3.00 bits per heavy atom. The minimum absolute atomic E-state index is 0.0985. The zero-order valence-electron chi connectivity index (χ0n) is 11.5. The number of amidine groups is 1. The second-order valence-electron chi connectivity index (χ2n) is 4.98. The molecule has 6 heteroatoms. The SMILES string of the molecule is COC1CCCC1NCc1ccc(C(N)=NO)cc1F. The van der Waals surface area contributed by atoms with Gasteiger partial charge in [-0.1, -0.05) is 17.3 Å². The van der Waals surface area contributed by atoms with Crippen molar-refractivity contribution in [2.45, 2.75) is 38.0 Å². The highest BCUT2D eigenvalue weighted by atomic mass is 19.1. The lowest BCUT2D eigenvalue weighted by molar-refractivity contribution is 0.0846. The fourth-order valence-electron chi connectivity index (χ4n) is 2.59. The molecule has 2 atom stereocenters. The van der Waals surface area contributed by atoms with E-state index in [1.54, 1.807) is 19.2 Å². The molecule has 4 N–H and O–H groups in total. The summed E-state index contributed by atoms with van der Waals surface area (Å²) in [7, 11) is 1.71. The molecule has 1 fully saturated rings. The highest BCUT2D eigenvalue weighted by molar-refractivity contribution is 5.97. The lowest BCUT2D eigenvalue weighted by Gasteiger charge is -2.20. The Balaban J connectivity index is 2.00. The molecule has 0 saturated heterocycles. The van der Waals surface area contributed by atoms with Crippen LogP contribution in [0.15, 0.2) is 23.4 Å². The summed E-state index contributed by atoms with van der Waals surface area (Å²) in [5.41, 5.74) is 6.35. The number of methoxy groups -OCH3 is 1. The van der Waals surface area contributed by atoms with E-state index in [2.05, 4.69) is 10.5 Å². The highest BCUT2D eigenvalue weighted by Crippen LogP contribution is 2.22. The summed E-state index contributed by atoms with van der Waals surface area (Å²) in [6.45, 7) is 0.437. The lowest BCUT2D eigenvalue weighted by Crippen LogP contribution is -2.36. The first kappa shape index (κ1) is 14.7. The van der Waals surface area contributed by atoms with Crippen LogP contribution in [0.5, 0.6) is 0 Å². The Labute approximate surface area is 117 Å². The molecular weight excluding hydrogens is 261 g/mol. The van der Waals surface area contributed by atoms with Crippen LogP contribution >= 0.6 is 0 Å². The van der Waals surface area contributed by atoms with Gasteiger partial charge < -0.3 is 21.0 Å². The molecule has 5 nitrogen and oxygen atoms in total. The monoisotopic (exact) mass is 281 g/mol. The van der Waals surface area contributed by atoms with E-state index < -0.39 is 0 Å². The molecule has 2 rings (SSSR count). The maximum Gasteiger partial charge on any atom is 0.170 e. The summed E-state index contributed by atoms with van der Waals surface area (Å²) >= 11 is 0. The van der Waals surface area contributed by atoms with Gasteiger partial charge in [-0.05, 0) is 25.3 Å². The number of hydrogen-bond acceptors (Lipinski definition) is 4. The maximum absolute atomic E-state index is 13.9. The van der Waals surface area contributed by atoms with E-state index in [1.807, 2.05) is 0 Å². The molecule has 1 aliphatic rings. The molecule has 0 heterocycles. The van der Waals surface area contributed by atoms with Crippen molar-refractivity contribution in [1.82, 2.24) is 5.32 Å². The third-order valence-electron chi connectivity index (χ3n) is 3.77. The van der Waals surface area contributed by atoms with Gasteiger partial charge in [-0.25, -0.2) is 4.39 Å². The first-order valence-electron chi connectivity index (χ1n) is 6.68. The topological polar surface area (TPSA) is 79.9 Å². The fourth-order valence-corrected chi connectivity index (χ4v) is 2.59. The van der Waals surface area contributed by atoms with Crippen molar-refractivity contribution >= 4 is 5.84 Å². The molecule has 0 amide bonds. The fraction of sp³-hybridized carbons (Fsp3) is 0.500. The minimum Gasteiger partial charge on any atom is -0.409 e. The average Bonchev–Trinajstić information content (AvgIpc) is 2.92. The molecular formula is C14H20FN3O2. The van der Waals surface area contributed by atoms with Gasteiger partial charge in [-0.15, -0.1) is 0 Å². The lowest BCUT2D eigenvalue weighted by atomic mass is 10.1. The number of nitrogens with two attached hydrogens (primary N) is 1. The van der Waals surface area contributed by atoms with Crippen LogP contribution in [0.3, 0.4) is 0 Å². The van der Waals surface area contributed by atoms with E-state index in [0.29, 0.717) is 17.7 Å². The average molecular weight is 281 g/mol. The first-order chi connectivity index (χ1) is 9.65. The quantitative estimate of drug-likeness (QED) is 0.331. The second kappa shape index (κ2) is 6.67. The van der Waals surface area contributed by atoms with Crippen molar-refractivity contribution < 1.29 is 14.3 Å². The molecule has 0 aromatic heterocycles. The Bertz CT molecular complexity index is 493. The predicted molar refractivity (Wildman–Crippen MR) is 74.2 cm³/mol. The summed E-state index contributed by atoms with van der Waals surface area (Å²) in [6, 6.07) is 4.82. The van der Waals surface area contributed by atoms with E-state index in [0.717, 1.165) is 19.3 Å². The number of ether oxygens (including phenoxy) is 1. The Morgan fingerprint density at radius 2 is 2.35 bits per heavy atom. The number of nitrogens with zero attached hydrogens (tertiary/aromatic N) is 1.